The molecule has 0 radical (unpaired) electrons. The maximum Gasteiger partial charge on any atom is 0.305 e. The molecule has 2 atom stereocenters. The van der Waals surface area contributed by atoms with Crippen LogP contribution in [0.5, 0.6) is 0 Å². The highest BCUT2D eigenvalue weighted by Crippen LogP contribution is 2.13. The van der Waals surface area contributed by atoms with Crippen molar-refractivity contribution in [3.05, 3.63) is 10.1 Å². The summed E-state index contributed by atoms with van der Waals surface area (Å²) in [6.45, 7) is 0. The van der Waals surface area contributed by atoms with Gasteiger partial charge in [-0.05, 0) is 0 Å². The van der Waals surface area contributed by atoms with Crippen molar-refractivity contribution in [2.75, 3.05) is 7.11 Å². The third kappa shape index (κ3) is 4.63. The number of methoxy groups -OCH3 is 1. The number of aliphatic hydroxyl groups excluding tert-OH is 1. The van der Waals surface area contributed by atoms with Gasteiger partial charge in [0.05, 0.1) is 13.5 Å². The quantitative estimate of drug-likeness (QED) is 0.398. The molecule has 0 unspecified atom stereocenters. The van der Waals surface area contributed by atoms with Gasteiger partial charge in [0.15, 0.2) is 6.10 Å². The molecule has 8 heteroatoms. The molecule has 15 heavy (non-hydrogen) atoms. The highest BCUT2D eigenvalue weighted by atomic mass is 19.3. The minimum absolute atomic E-state index is 0.383. The molecular formula is C7H11F2NO5. The smallest absolute Gasteiger partial charge is 0.305 e. The second-order valence-corrected chi connectivity index (χ2v) is 2.79. The molecule has 0 rings (SSSR count). The standard InChI is InChI=1S/C7H11F2NO5/c1-15-5(11)3-2-4(10(13)14)6(12)7(8)9/h4,6-7,12H,2-3H2,1H3/t4-,6+/m1/s1. The number of hydrogen-bond acceptors (Lipinski definition) is 5. The van der Waals surface area contributed by atoms with Gasteiger partial charge in [-0.1, -0.05) is 0 Å². The number of rotatable bonds is 6. The van der Waals surface area contributed by atoms with Crippen LogP contribution in [0, 0.1) is 10.1 Å². The normalized spacial score (nSPS) is 14.7. The number of ether oxygens (including phenoxy) is 1. The number of alkyl halides is 2. The molecule has 1 N–H and O–H groups in total. The van der Waals surface area contributed by atoms with E-state index in [1.807, 2.05) is 0 Å². The Morgan fingerprint density at radius 3 is 2.47 bits per heavy atom. The molecule has 0 aromatic carbocycles. The van der Waals surface area contributed by atoms with Gasteiger partial charge in [0, 0.05) is 11.3 Å². The van der Waals surface area contributed by atoms with Gasteiger partial charge in [0.25, 0.3) is 6.43 Å². The molecule has 6 nitrogen and oxygen atoms in total. The van der Waals surface area contributed by atoms with E-state index in [1.54, 1.807) is 0 Å². The summed E-state index contributed by atoms with van der Waals surface area (Å²) in [5.41, 5.74) is 0. The Bertz CT molecular complexity index is 235. The average molecular weight is 227 g/mol. The SMILES string of the molecule is COC(=O)CC[C@H]([C@H](O)C(F)F)[N+](=O)[O-]. The largest absolute Gasteiger partial charge is 0.469 e. The summed E-state index contributed by atoms with van der Waals surface area (Å²) >= 11 is 0. The van der Waals surface area contributed by atoms with E-state index in [0.717, 1.165) is 7.11 Å². The van der Waals surface area contributed by atoms with Crippen LogP contribution in [0.25, 0.3) is 0 Å². The Labute approximate surface area is 84.0 Å². The lowest BCUT2D eigenvalue weighted by Crippen LogP contribution is -2.39. The van der Waals surface area contributed by atoms with Gasteiger partial charge < -0.3 is 9.84 Å². The maximum atomic E-state index is 12.0. The lowest BCUT2D eigenvalue weighted by atomic mass is 10.1. The van der Waals surface area contributed by atoms with Crippen LogP contribution in [0.3, 0.4) is 0 Å². The first-order valence-electron chi connectivity index (χ1n) is 4.06. The first-order valence-corrected chi connectivity index (χ1v) is 4.06. The van der Waals surface area contributed by atoms with Crippen molar-refractivity contribution >= 4 is 5.97 Å². The van der Waals surface area contributed by atoms with E-state index >= 15 is 0 Å². The summed E-state index contributed by atoms with van der Waals surface area (Å²) < 4.78 is 28.1. The van der Waals surface area contributed by atoms with Crippen molar-refractivity contribution in [1.29, 1.82) is 0 Å². The molecule has 0 saturated carbocycles. The highest BCUT2D eigenvalue weighted by Gasteiger charge is 2.36. The van der Waals surface area contributed by atoms with Gasteiger partial charge >= 0.3 is 5.97 Å². The van der Waals surface area contributed by atoms with E-state index in [4.69, 9.17) is 5.11 Å². The second-order valence-electron chi connectivity index (χ2n) is 2.79. The molecule has 0 heterocycles. The van der Waals surface area contributed by atoms with Crippen LogP contribution in [0.2, 0.25) is 0 Å². The van der Waals surface area contributed by atoms with Gasteiger partial charge in [0.1, 0.15) is 0 Å². The zero-order chi connectivity index (χ0) is 12.0. The molecule has 0 aromatic rings. The lowest BCUT2D eigenvalue weighted by Gasteiger charge is -2.14. The monoisotopic (exact) mass is 227 g/mol. The molecular weight excluding hydrogens is 216 g/mol. The number of esters is 1. The number of hydrogen-bond donors (Lipinski definition) is 1. The topological polar surface area (TPSA) is 89.7 Å². The third-order valence-corrected chi connectivity index (χ3v) is 1.80. The summed E-state index contributed by atoms with van der Waals surface area (Å²) in [6, 6.07) is -1.86. The number of halogens is 2. The number of nitrogens with zero attached hydrogens (tertiary/aromatic N) is 1. The van der Waals surface area contributed by atoms with Crippen LogP contribution in [0.4, 0.5) is 8.78 Å². The van der Waals surface area contributed by atoms with Crippen molar-refractivity contribution in [3.8, 4) is 0 Å². The average Bonchev–Trinajstić information content (AvgIpc) is 2.16. The fraction of sp³-hybridized carbons (Fsp3) is 0.857. The van der Waals surface area contributed by atoms with Crippen LogP contribution in [-0.2, 0) is 9.53 Å². The van der Waals surface area contributed by atoms with Gasteiger partial charge in [-0.2, -0.15) is 0 Å². The van der Waals surface area contributed by atoms with Gasteiger partial charge in [-0.3, -0.25) is 14.9 Å². The summed E-state index contributed by atoms with van der Waals surface area (Å²) in [5, 5.41) is 19.1. The molecule has 0 amide bonds. The van der Waals surface area contributed by atoms with Crippen LogP contribution in [0.1, 0.15) is 12.8 Å². The first-order chi connectivity index (χ1) is 6.90. The van der Waals surface area contributed by atoms with E-state index in [-0.39, 0.29) is 6.42 Å². The minimum Gasteiger partial charge on any atom is -0.469 e. The van der Waals surface area contributed by atoms with E-state index in [0.29, 0.717) is 0 Å². The maximum absolute atomic E-state index is 12.0. The van der Waals surface area contributed by atoms with Crippen molar-refractivity contribution < 1.29 is 28.3 Å². The van der Waals surface area contributed by atoms with E-state index < -0.39 is 35.9 Å². The zero-order valence-corrected chi connectivity index (χ0v) is 7.93. The Morgan fingerprint density at radius 2 is 2.13 bits per heavy atom. The molecule has 0 spiro atoms. The van der Waals surface area contributed by atoms with Crippen LogP contribution < -0.4 is 0 Å². The van der Waals surface area contributed by atoms with Crippen LogP contribution in [-0.4, -0.2) is 41.7 Å². The van der Waals surface area contributed by atoms with Crippen molar-refractivity contribution in [3.63, 3.8) is 0 Å². The van der Waals surface area contributed by atoms with Gasteiger partial charge in [-0.25, -0.2) is 8.78 Å². The van der Waals surface area contributed by atoms with Crippen molar-refractivity contribution in [1.82, 2.24) is 0 Å². The summed E-state index contributed by atoms with van der Waals surface area (Å²) in [5.74, 6) is -0.747. The Kier molecular flexibility index (Phi) is 5.68. The van der Waals surface area contributed by atoms with Crippen LogP contribution >= 0.6 is 0 Å². The number of carbonyl (C=O) groups is 1. The second kappa shape index (κ2) is 6.23. The minimum atomic E-state index is -3.21. The highest BCUT2D eigenvalue weighted by molar-refractivity contribution is 5.69. The molecule has 0 aliphatic heterocycles. The summed E-state index contributed by atoms with van der Waals surface area (Å²) in [6.07, 6.45) is -6.44. The van der Waals surface area contributed by atoms with Crippen molar-refractivity contribution in [2.24, 2.45) is 0 Å². The predicted octanol–water partition coefficient (Wildman–Crippen LogP) is 0.211. The Hall–Kier alpha value is -1.31. The summed E-state index contributed by atoms with van der Waals surface area (Å²) in [7, 11) is 1.08. The zero-order valence-electron chi connectivity index (χ0n) is 7.93. The Morgan fingerprint density at radius 1 is 1.60 bits per heavy atom. The number of aliphatic hydroxyl groups is 1. The molecule has 88 valence electrons. The molecule has 0 fully saturated rings. The molecule has 0 aromatic heterocycles. The van der Waals surface area contributed by atoms with E-state index in [9.17, 15) is 23.7 Å². The van der Waals surface area contributed by atoms with Crippen molar-refractivity contribution in [2.45, 2.75) is 31.4 Å². The molecule has 0 saturated heterocycles. The number of carbonyl (C=O) groups excluding carboxylic acids is 1. The van der Waals surface area contributed by atoms with E-state index in [1.165, 1.54) is 0 Å². The molecule has 0 bridgehead atoms. The molecule has 0 aliphatic rings. The molecule has 0 aliphatic carbocycles. The third-order valence-electron chi connectivity index (χ3n) is 1.80. The van der Waals surface area contributed by atoms with Gasteiger partial charge in [0.2, 0.25) is 6.04 Å². The fourth-order valence-corrected chi connectivity index (χ4v) is 0.937. The lowest BCUT2D eigenvalue weighted by molar-refractivity contribution is -0.538. The Balaban J connectivity index is 4.29. The number of nitro groups is 1. The van der Waals surface area contributed by atoms with E-state index in [2.05, 4.69) is 4.74 Å². The van der Waals surface area contributed by atoms with Gasteiger partial charge in [-0.15, -0.1) is 0 Å². The van der Waals surface area contributed by atoms with Crippen LogP contribution in [0.15, 0.2) is 0 Å². The summed E-state index contributed by atoms with van der Waals surface area (Å²) in [4.78, 5) is 19.9. The predicted molar refractivity (Wildman–Crippen MR) is 44.0 cm³/mol. The fourth-order valence-electron chi connectivity index (χ4n) is 0.937. The first kappa shape index (κ1) is 13.7.